The predicted octanol–water partition coefficient (Wildman–Crippen LogP) is 4.59. The number of rotatable bonds is 4. The van der Waals surface area contributed by atoms with Crippen molar-refractivity contribution in [2.45, 2.75) is 6.04 Å². The van der Waals surface area contributed by atoms with Crippen LogP contribution in [0.15, 0.2) is 81.9 Å². The molecule has 1 saturated heterocycles. The second kappa shape index (κ2) is 8.11. The number of piperazine rings is 1. The maximum absolute atomic E-state index is 12.6. The molecule has 1 fully saturated rings. The molecule has 1 aliphatic rings. The zero-order chi connectivity index (χ0) is 18.6. The lowest BCUT2D eigenvalue weighted by Gasteiger charge is -2.39. The lowest BCUT2D eigenvalue weighted by molar-refractivity contribution is 0.0566. The second-order valence-electron chi connectivity index (χ2n) is 6.66. The van der Waals surface area contributed by atoms with Crippen LogP contribution in [0, 0.1) is 0 Å². The Hall–Kier alpha value is -2.37. The first kappa shape index (κ1) is 18.0. The van der Waals surface area contributed by atoms with E-state index < -0.39 is 0 Å². The Morgan fingerprint density at radius 1 is 0.815 bits per heavy atom. The molecule has 2 heterocycles. The average Bonchev–Trinajstić information content (AvgIpc) is 3.16. The maximum atomic E-state index is 12.6. The maximum Gasteiger partial charge on any atom is 0.289 e. The van der Waals surface area contributed by atoms with Gasteiger partial charge in [0.05, 0.1) is 6.04 Å². The summed E-state index contributed by atoms with van der Waals surface area (Å²) >= 11 is 3.26. The van der Waals surface area contributed by atoms with Gasteiger partial charge in [0.25, 0.3) is 5.91 Å². The van der Waals surface area contributed by atoms with E-state index in [-0.39, 0.29) is 11.9 Å². The molecule has 1 aliphatic heterocycles. The minimum atomic E-state index is -0.0451. The van der Waals surface area contributed by atoms with Gasteiger partial charge in [0.15, 0.2) is 10.4 Å². The molecule has 1 aromatic heterocycles. The van der Waals surface area contributed by atoms with Crippen molar-refractivity contribution in [2.75, 3.05) is 26.2 Å². The van der Waals surface area contributed by atoms with E-state index in [1.165, 1.54) is 11.1 Å². The van der Waals surface area contributed by atoms with Crippen LogP contribution in [0.2, 0.25) is 0 Å². The molecule has 0 spiro atoms. The molecule has 2 aromatic carbocycles. The minimum absolute atomic E-state index is 0.0451. The van der Waals surface area contributed by atoms with Crippen LogP contribution in [0.4, 0.5) is 0 Å². The highest BCUT2D eigenvalue weighted by molar-refractivity contribution is 9.10. The summed E-state index contributed by atoms with van der Waals surface area (Å²) in [5, 5.41) is 0. The van der Waals surface area contributed by atoms with E-state index in [1.54, 1.807) is 12.1 Å². The van der Waals surface area contributed by atoms with Gasteiger partial charge in [0.2, 0.25) is 0 Å². The van der Waals surface area contributed by atoms with Gasteiger partial charge in [-0.3, -0.25) is 9.69 Å². The molecule has 1 amide bonds. The van der Waals surface area contributed by atoms with E-state index in [0.717, 1.165) is 13.1 Å². The van der Waals surface area contributed by atoms with Gasteiger partial charge in [-0.25, -0.2) is 0 Å². The molecule has 4 rings (SSSR count). The Labute approximate surface area is 167 Å². The van der Waals surface area contributed by atoms with E-state index in [0.29, 0.717) is 23.5 Å². The number of carbonyl (C=O) groups excluding carboxylic acids is 1. The first-order chi connectivity index (χ1) is 13.2. The molecule has 0 radical (unpaired) electrons. The summed E-state index contributed by atoms with van der Waals surface area (Å²) < 4.78 is 6.00. The Bertz CT molecular complexity index is 847. The quantitative estimate of drug-likeness (QED) is 0.614. The number of hydrogen-bond acceptors (Lipinski definition) is 3. The zero-order valence-corrected chi connectivity index (χ0v) is 16.5. The molecular weight excluding hydrogens is 404 g/mol. The van der Waals surface area contributed by atoms with Gasteiger partial charge < -0.3 is 9.32 Å². The van der Waals surface area contributed by atoms with Crippen LogP contribution < -0.4 is 0 Å². The summed E-state index contributed by atoms with van der Waals surface area (Å²) in [6, 6.07) is 24.8. The number of amides is 1. The highest BCUT2D eigenvalue weighted by atomic mass is 79.9. The zero-order valence-electron chi connectivity index (χ0n) is 14.9. The third-order valence-electron chi connectivity index (χ3n) is 4.98. The van der Waals surface area contributed by atoms with Crippen molar-refractivity contribution in [3.05, 3.63) is 94.4 Å². The summed E-state index contributed by atoms with van der Waals surface area (Å²) in [5.74, 6) is 0.342. The Morgan fingerprint density at radius 2 is 1.37 bits per heavy atom. The van der Waals surface area contributed by atoms with Gasteiger partial charge >= 0.3 is 0 Å². The molecule has 0 aliphatic carbocycles. The highest BCUT2D eigenvalue weighted by Gasteiger charge is 2.29. The second-order valence-corrected chi connectivity index (χ2v) is 7.44. The van der Waals surface area contributed by atoms with Gasteiger partial charge in [-0.15, -0.1) is 0 Å². The Balaban J connectivity index is 1.51. The van der Waals surface area contributed by atoms with Crippen LogP contribution in [0.1, 0.15) is 27.7 Å². The molecule has 138 valence electrons. The third kappa shape index (κ3) is 3.99. The molecule has 4 nitrogen and oxygen atoms in total. The van der Waals surface area contributed by atoms with Crippen molar-refractivity contribution in [1.82, 2.24) is 9.80 Å². The fourth-order valence-corrected chi connectivity index (χ4v) is 3.96. The average molecular weight is 425 g/mol. The van der Waals surface area contributed by atoms with Gasteiger partial charge in [-0.2, -0.15) is 0 Å². The summed E-state index contributed by atoms with van der Waals surface area (Å²) in [6.45, 7) is 3.02. The molecule has 3 aromatic rings. The summed E-state index contributed by atoms with van der Waals surface area (Å²) in [6.07, 6.45) is 0. The van der Waals surface area contributed by atoms with Crippen LogP contribution in [-0.4, -0.2) is 41.9 Å². The molecule has 0 bridgehead atoms. The summed E-state index contributed by atoms with van der Waals surface area (Å²) in [5.41, 5.74) is 2.55. The molecule has 0 N–H and O–H groups in total. The van der Waals surface area contributed by atoms with E-state index in [9.17, 15) is 4.79 Å². The van der Waals surface area contributed by atoms with Crippen LogP contribution >= 0.6 is 15.9 Å². The minimum Gasteiger partial charge on any atom is -0.444 e. The Kier molecular flexibility index (Phi) is 5.41. The van der Waals surface area contributed by atoms with E-state index in [1.807, 2.05) is 17.0 Å². The number of carbonyl (C=O) groups is 1. The predicted molar refractivity (Wildman–Crippen MR) is 109 cm³/mol. The standard InChI is InChI=1S/C22H21BrN2O2/c23-20-12-11-19(27-20)22(26)25-15-13-24(14-16-25)21(17-7-3-1-4-8-17)18-9-5-2-6-10-18/h1-12,21H,13-16H2. The lowest BCUT2D eigenvalue weighted by Crippen LogP contribution is -2.49. The smallest absolute Gasteiger partial charge is 0.289 e. The fourth-order valence-electron chi connectivity index (χ4n) is 3.65. The molecule has 0 unspecified atom stereocenters. The van der Waals surface area contributed by atoms with Crippen molar-refractivity contribution in [1.29, 1.82) is 0 Å². The third-order valence-corrected chi connectivity index (χ3v) is 5.41. The van der Waals surface area contributed by atoms with Gasteiger partial charge in [0.1, 0.15) is 0 Å². The van der Waals surface area contributed by atoms with Crippen LogP contribution in [0.25, 0.3) is 0 Å². The largest absolute Gasteiger partial charge is 0.444 e. The van der Waals surface area contributed by atoms with Crippen molar-refractivity contribution in [3.63, 3.8) is 0 Å². The van der Waals surface area contributed by atoms with E-state index in [2.05, 4.69) is 69.4 Å². The van der Waals surface area contributed by atoms with Crippen LogP contribution in [-0.2, 0) is 0 Å². The topological polar surface area (TPSA) is 36.7 Å². The normalized spacial score (nSPS) is 15.3. The molecule has 27 heavy (non-hydrogen) atoms. The molecular formula is C22H21BrN2O2. The monoisotopic (exact) mass is 424 g/mol. The first-order valence-electron chi connectivity index (χ1n) is 9.11. The van der Waals surface area contributed by atoms with E-state index in [4.69, 9.17) is 4.42 Å². The highest BCUT2D eigenvalue weighted by Crippen LogP contribution is 2.29. The number of nitrogens with zero attached hydrogens (tertiary/aromatic N) is 2. The number of halogens is 1. The summed E-state index contributed by atoms with van der Waals surface area (Å²) in [4.78, 5) is 16.9. The van der Waals surface area contributed by atoms with Gasteiger partial charge in [0, 0.05) is 26.2 Å². The lowest BCUT2D eigenvalue weighted by atomic mass is 9.96. The molecule has 5 heteroatoms. The number of benzene rings is 2. The van der Waals surface area contributed by atoms with Crippen molar-refractivity contribution >= 4 is 21.8 Å². The fraction of sp³-hybridized carbons (Fsp3) is 0.227. The van der Waals surface area contributed by atoms with Gasteiger partial charge in [-0.05, 0) is 39.2 Å². The summed E-state index contributed by atoms with van der Waals surface area (Å²) in [7, 11) is 0. The number of furan rings is 1. The first-order valence-corrected chi connectivity index (χ1v) is 9.90. The number of hydrogen-bond donors (Lipinski definition) is 0. The molecule has 0 saturated carbocycles. The molecule has 0 atom stereocenters. The van der Waals surface area contributed by atoms with E-state index >= 15 is 0 Å². The van der Waals surface area contributed by atoms with Crippen LogP contribution in [0.3, 0.4) is 0 Å². The van der Waals surface area contributed by atoms with Crippen molar-refractivity contribution < 1.29 is 9.21 Å². The SMILES string of the molecule is O=C(c1ccc(Br)o1)N1CCN(C(c2ccccc2)c2ccccc2)CC1. The van der Waals surface area contributed by atoms with Crippen LogP contribution in [0.5, 0.6) is 0 Å². The Morgan fingerprint density at radius 3 is 1.85 bits per heavy atom. The van der Waals surface area contributed by atoms with Gasteiger partial charge in [-0.1, -0.05) is 60.7 Å². The van der Waals surface area contributed by atoms with Crippen molar-refractivity contribution in [3.8, 4) is 0 Å². The van der Waals surface area contributed by atoms with Crippen molar-refractivity contribution in [2.24, 2.45) is 0 Å².